The molecule has 0 aliphatic carbocycles. The molecule has 0 aromatic heterocycles. The molecule has 1 saturated heterocycles. The second-order valence-electron chi connectivity index (χ2n) is 5.24. The van der Waals surface area contributed by atoms with Crippen molar-refractivity contribution in [3.63, 3.8) is 0 Å². The molecule has 1 atom stereocenters. The maximum Gasteiger partial charge on any atom is 0.222 e. The zero-order valence-corrected chi connectivity index (χ0v) is 12.1. The van der Waals surface area contributed by atoms with Gasteiger partial charge >= 0.3 is 0 Å². The van der Waals surface area contributed by atoms with Crippen LogP contribution in [0.1, 0.15) is 43.6 Å². The van der Waals surface area contributed by atoms with E-state index in [0.29, 0.717) is 18.2 Å². The van der Waals surface area contributed by atoms with Gasteiger partial charge in [0.25, 0.3) is 0 Å². The van der Waals surface area contributed by atoms with E-state index in [0.717, 1.165) is 25.9 Å². The second-order valence-corrected chi connectivity index (χ2v) is 5.61. The van der Waals surface area contributed by atoms with E-state index >= 15 is 0 Å². The molecule has 0 N–H and O–H groups in total. The number of alkyl halides is 1. The molecule has 1 fully saturated rings. The van der Waals surface area contributed by atoms with E-state index in [1.807, 2.05) is 11.0 Å². The molecule has 104 valence electrons. The van der Waals surface area contributed by atoms with Crippen molar-refractivity contribution in [2.24, 2.45) is 0 Å². The van der Waals surface area contributed by atoms with Gasteiger partial charge in [-0.05, 0) is 24.8 Å². The minimum atomic E-state index is 0.267. The molecule has 0 saturated carbocycles. The molecule has 1 unspecified atom stereocenters. The highest BCUT2D eigenvalue weighted by molar-refractivity contribution is 6.17. The lowest BCUT2D eigenvalue weighted by atomic mass is 9.94. The number of halogens is 1. The van der Waals surface area contributed by atoms with Crippen LogP contribution in [0.25, 0.3) is 0 Å². The van der Waals surface area contributed by atoms with Crippen LogP contribution in [0.3, 0.4) is 0 Å². The second kappa shape index (κ2) is 7.54. The van der Waals surface area contributed by atoms with Crippen LogP contribution in [-0.2, 0) is 4.79 Å². The van der Waals surface area contributed by atoms with Gasteiger partial charge in [-0.25, -0.2) is 0 Å². The van der Waals surface area contributed by atoms with Crippen LogP contribution in [0.5, 0.6) is 0 Å². The Morgan fingerprint density at radius 3 is 2.79 bits per heavy atom. The average molecular weight is 280 g/mol. The summed E-state index contributed by atoms with van der Waals surface area (Å²) in [6.07, 6.45) is 4.88. The predicted molar refractivity (Wildman–Crippen MR) is 79.6 cm³/mol. The monoisotopic (exact) mass is 279 g/mol. The number of carbonyl (C=O) groups excluding carboxylic acids is 1. The van der Waals surface area contributed by atoms with Crippen LogP contribution < -0.4 is 0 Å². The third kappa shape index (κ3) is 4.24. The minimum Gasteiger partial charge on any atom is -0.342 e. The highest BCUT2D eigenvalue weighted by Gasteiger charge is 2.22. The molecule has 0 spiro atoms. The van der Waals surface area contributed by atoms with Crippen molar-refractivity contribution < 1.29 is 4.79 Å². The Balaban J connectivity index is 2.00. The first-order valence-electron chi connectivity index (χ1n) is 7.20. The Morgan fingerprint density at radius 2 is 2.05 bits per heavy atom. The van der Waals surface area contributed by atoms with Crippen molar-refractivity contribution in [1.82, 2.24) is 4.90 Å². The fourth-order valence-electron chi connectivity index (χ4n) is 2.74. The number of amides is 1. The molecular weight excluding hydrogens is 258 g/mol. The number of hydrogen-bond donors (Lipinski definition) is 0. The van der Waals surface area contributed by atoms with Crippen molar-refractivity contribution in [2.45, 2.75) is 38.0 Å². The average Bonchev–Trinajstić information content (AvgIpc) is 2.71. The van der Waals surface area contributed by atoms with Crippen LogP contribution in [0.4, 0.5) is 0 Å². The summed E-state index contributed by atoms with van der Waals surface area (Å²) in [6.45, 7) is 1.77. The van der Waals surface area contributed by atoms with E-state index in [4.69, 9.17) is 11.6 Å². The summed E-state index contributed by atoms with van der Waals surface area (Å²) in [5.74, 6) is 1.33. The molecule has 1 aromatic carbocycles. The van der Waals surface area contributed by atoms with Crippen molar-refractivity contribution >= 4 is 17.5 Å². The van der Waals surface area contributed by atoms with Crippen molar-refractivity contribution in [3.8, 4) is 0 Å². The van der Waals surface area contributed by atoms with Gasteiger partial charge in [-0.2, -0.15) is 0 Å². The van der Waals surface area contributed by atoms with Gasteiger partial charge in [0.1, 0.15) is 0 Å². The third-order valence-corrected chi connectivity index (χ3v) is 4.09. The van der Waals surface area contributed by atoms with Gasteiger partial charge in [-0.1, -0.05) is 36.8 Å². The van der Waals surface area contributed by atoms with Crippen LogP contribution in [0.2, 0.25) is 0 Å². The first-order chi connectivity index (χ1) is 9.31. The van der Waals surface area contributed by atoms with Gasteiger partial charge in [-0.15, -0.1) is 11.6 Å². The molecule has 2 nitrogen and oxygen atoms in total. The fourth-order valence-corrected chi connectivity index (χ4v) is 2.88. The van der Waals surface area contributed by atoms with Crippen LogP contribution in [0.15, 0.2) is 30.3 Å². The fraction of sp³-hybridized carbons (Fsp3) is 0.562. The molecule has 1 aromatic rings. The molecule has 3 heteroatoms. The Hall–Kier alpha value is -1.02. The van der Waals surface area contributed by atoms with Crippen molar-refractivity contribution in [2.75, 3.05) is 19.0 Å². The van der Waals surface area contributed by atoms with E-state index in [-0.39, 0.29) is 5.91 Å². The van der Waals surface area contributed by atoms with Gasteiger partial charge in [0.05, 0.1) is 0 Å². The molecule has 1 amide bonds. The summed E-state index contributed by atoms with van der Waals surface area (Å²) in [5, 5.41) is 0. The Morgan fingerprint density at radius 1 is 1.26 bits per heavy atom. The van der Waals surface area contributed by atoms with Gasteiger partial charge < -0.3 is 4.90 Å². The first kappa shape index (κ1) is 14.4. The van der Waals surface area contributed by atoms with E-state index in [1.165, 1.54) is 18.4 Å². The third-order valence-electron chi connectivity index (χ3n) is 3.82. The van der Waals surface area contributed by atoms with Crippen LogP contribution in [-0.4, -0.2) is 29.8 Å². The summed E-state index contributed by atoms with van der Waals surface area (Å²) in [5.41, 5.74) is 1.36. The normalized spacial score (nSPS) is 20.1. The highest BCUT2D eigenvalue weighted by Crippen LogP contribution is 2.26. The lowest BCUT2D eigenvalue weighted by molar-refractivity contribution is -0.131. The van der Waals surface area contributed by atoms with Crippen LogP contribution >= 0.6 is 11.6 Å². The molecule has 0 bridgehead atoms. The van der Waals surface area contributed by atoms with Crippen molar-refractivity contribution in [3.05, 3.63) is 35.9 Å². The van der Waals surface area contributed by atoms with Gasteiger partial charge in [0, 0.05) is 31.3 Å². The zero-order chi connectivity index (χ0) is 13.5. The molecule has 1 aliphatic heterocycles. The predicted octanol–water partition coefficient (Wildman–Crippen LogP) is 3.80. The Labute approximate surface area is 120 Å². The summed E-state index contributed by atoms with van der Waals surface area (Å²) >= 11 is 5.67. The quantitative estimate of drug-likeness (QED) is 0.768. The smallest absolute Gasteiger partial charge is 0.222 e. The summed E-state index contributed by atoms with van der Waals surface area (Å²) in [7, 11) is 0. The molecule has 19 heavy (non-hydrogen) atoms. The Kier molecular flexibility index (Phi) is 5.71. The maximum absolute atomic E-state index is 12.2. The number of nitrogens with zero attached hydrogens (tertiary/aromatic N) is 1. The molecule has 1 heterocycles. The lowest BCUT2D eigenvalue weighted by Gasteiger charge is -2.25. The largest absolute Gasteiger partial charge is 0.342 e. The number of benzene rings is 1. The highest BCUT2D eigenvalue weighted by atomic mass is 35.5. The van der Waals surface area contributed by atoms with Gasteiger partial charge in [-0.3, -0.25) is 4.79 Å². The Bertz CT molecular complexity index is 393. The van der Waals surface area contributed by atoms with E-state index in [1.54, 1.807) is 0 Å². The SMILES string of the molecule is O=C(CCCCl)N1CCCCC(c2ccccc2)C1. The van der Waals surface area contributed by atoms with Crippen molar-refractivity contribution in [1.29, 1.82) is 0 Å². The van der Waals surface area contributed by atoms with Gasteiger partial charge in [0.15, 0.2) is 0 Å². The lowest BCUT2D eigenvalue weighted by Crippen LogP contribution is -2.34. The van der Waals surface area contributed by atoms with Gasteiger partial charge in [0.2, 0.25) is 5.91 Å². The van der Waals surface area contributed by atoms with E-state index in [9.17, 15) is 4.79 Å². The summed E-state index contributed by atoms with van der Waals surface area (Å²) < 4.78 is 0. The molecule has 2 rings (SSSR count). The molecule has 1 aliphatic rings. The summed E-state index contributed by atoms with van der Waals surface area (Å²) in [4.78, 5) is 14.2. The number of carbonyl (C=O) groups is 1. The standard InChI is InChI=1S/C16H22ClNO/c17-11-6-10-16(19)18-12-5-4-9-15(13-18)14-7-2-1-3-8-14/h1-3,7-8,15H,4-6,9-13H2. The van der Waals surface area contributed by atoms with Crippen LogP contribution in [0, 0.1) is 0 Å². The number of likely N-dealkylation sites (tertiary alicyclic amines) is 1. The topological polar surface area (TPSA) is 20.3 Å². The van der Waals surface area contributed by atoms with E-state index < -0.39 is 0 Å². The molecular formula is C16H22ClNO. The zero-order valence-electron chi connectivity index (χ0n) is 11.4. The summed E-state index contributed by atoms with van der Waals surface area (Å²) in [6, 6.07) is 10.6. The first-order valence-corrected chi connectivity index (χ1v) is 7.73. The minimum absolute atomic E-state index is 0.267. The molecule has 0 radical (unpaired) electrons. The van der Waals surface area contributed by atoms with E-state index in [2.05, 4.69) is 24.3 Å². The number of rotatable bonds is 4. The number of hydrogen-bond acceptors (Lipinski definition) is 1. The maximum atomic E-state index is 12.2.